The molecule has 0 spiro atoms. The van der Waals surface area contributed by atoms with Gasteiger partial charge in [-0.1, -0.05) is 68.4 Å². The summed E-state index contributed by atoms with van der Waals surface area (Å²) in [5.74, 6) is -0.0901. The zero-order valence-electron chi connectivity index (χ0n) is 17.9. The maximum absolute atomic E-state index is 11.5. The van der Waals surface area contributed by atoms with Crippen LogP contribution in [0.3, 0.4) is 0 Å². The monoisotopic (exact) mass is 375 g/mol. The van der Waals surface area contributed by atoms with Crippen LogP contribution in [0.1, 0.15) is 71.1 Å². The van der Waals surface area contributed by atoms with Gasteiger partial charge in [0.1, 0.15) is 6.61 Å². The Morgan fingerprint density at radius 1 is 0.778 bits per heavy atom. The minimum atomic E-state index is -0.0901. The number of unbranched alkanes of at least 4 members (excludes halogenated alkanes) is 4. The molecule has 0 heterocycles. The third kappa shape index (κ3) is 22.3. The van der Waals surface area contributed by atoms with Gasteiger partial charge in [0.2, 0.25) is 0 Å². The maximum Gasteiger partial charge on any atom is 0.305 e. The van der Waals surface area contributed by atoms with Crippen LogP contribution in [-0.2, 0) is 9.53 Å². The van der Waals surface area contributed by atoms with Gasteiger partial charge in [-0.2, -0.15) is 0 Å². The molecule has 0 N–H and O–H groups in total. The molecule has 154 valence electrons. The number of hydrogen-bond acceptors (Lipinski definition) is 3. The van der Waals surface area contributed by atoms with Gasteiger partial charge < -0.3 is 9.64 Å². The Morgan fingerprint density at radius 2 is 1.30 bits per heavy atom. The second-order valence-electron chi connectivity index (χ2n) is 7.00. The average Bonchev–Trinajstić information content (AvgIpc) is 2.64. The lowest BCUT2D eigenvalue weighted by Gasteiger charge is -2.09. The Kier molecular flexibility index (Phi) is 19.5. The SMILES string of the molecule is CCCCC/C=C\C/C=C\C/C=C\C/C=C\CCCC(=O)OCCN(C)C. The zero-order chi connectivity index (χ0) is 20.0. The van der Waals surface area contributed by atoms with Gasteiger partial charge in [-0.25, -0.2) is 0 Å². The minimum Gasteiger partial charge on any atom is -0.464 e. The second-order valence-corrected chi connectivity index (χ2v) is 7.00. The van der Waals surface area contributed by atoms with Gasteiger partial charge in [0.25, 0.3) is 0 Å². The van der Waals surface area contributed by atoms with Crippen LogP contribution in [0.2, 0.25) is 0 Å². The van der Waals surface area contributed by atoms with E-state index >= 15 is 0 Å². The van der Waals surface area contributed by atoms with E-state index in [0.717, 1.165) is 38.6 Å². The van der Waals surface area contributed by atoms with Crippen molar-refractivity contribution in [3.63, 3.8) is 0 Å². The summed E-state index contributed by atoms with van der Waals surface area (Å²) < 4.78 is 5.16. The zero-order valence-corrected chi connectivity index (χ0v) is 17.9. The van der Waals surface area contributed by atoms with Crippen LogP contribution < -0.4 is 0 Å². The average molecular weight is 376 g/mol. The Balaban J connectivity index is 3.47. The fraction of sp³-hybridized carbons (Fsp3) is 0.625. The van der Waals surface area contributed by atoms with E-state index in [4.69, 9.17) is 4.74 Å². The number of esters is 1. The molecule has 0 bridgehead atoms. The molecule has 0 fully saturated rings. The van der Waals surface area contributed by atoms with Crippen molar-refractivity contribution in [2.45, 2.75) is 71.1 Å². The molecule has 0 aliphatic carbocycles. The highest BCUT2D eigenvalue weighted by molar-refractivity contribution is 5.69. The first kappa shape index (κ1) is 25.4. The molecular formula is C24H41NO2. The largest absolute Gasteiger partial charge is 0.464 e. The molecule has 0 rings (SSSR count). The lowest BCUT2D eigenvalue weighted by molar-refractivity contribution is -0.144. The fourth-order valence-corrected chi connectivity index (χ4v) is 2.34. The number of allylic oxidation sites excluding steroid dienone is 8. The van der Waals surface area contributed by atoms with Crippen LogP contribution in [0.25, 0.3) is 0 Å². The number of carbonyl (C=O) groups is 1. The van der Waals surface area contributed by atoms with Crippen molar-refractivity contribution in [2.75, 3.05) is 27.2 Å². The van der Waals surface area contributed by atoms with Gasteiger partial charge in [-0.15, -0.1) is 0 Å². The molecule has 0 atom stereocenters. The van der Waals surface area contributed by atoms with Crippen LogP contribution in [-0.4, -0.2) is 38.1 Å². The summed E-state index contributed by atoms with van der Waals surface area (Å²) in [6, 6.07) is 0. The maximum atomic E-state index is 11.5. The Morgan fingerprint density at radius 3 is 1.81 bits per heavy atom. The molecule has 0 saturated carbocycles. The smallest absolute Gasteiger partial charge is 0.305 e. The Hall–Kier alpha value is -1.61. The topological polar surface area (TPSA) is 29.5 Å². The van der Waals surface area contributed by atoms with Crippen LogP contribution in [0, 0.1) is 0 Å². The molecule has 0 aromatic heterocycles. The molecule has 0 aromatic rings. The van der Waals surface area contributed by atoms with Crippen molar-refractivity contribution in [1.29, 1.82) is 0 Å². The number of likely N-dealkylation sites (N-methyl/N-ethyl adjacent to an activating group) is 1. The van der Waals surface area contributed by atoms with E-state index in [2.05, 4.69) is 55.5 Å². The van der Waals surface area contributed by atoms with Crippen molar-refractivity contribution in [3.05, 3.63) is 48.6 Å². The van der Waals surface area contributed by atoms with Crippen LogP contribution in [0.15, 0.2) is 48.6 Å². The molecule has 0 unspecified atom stereocenters. The summed E-state index contributed by atoms with van der Waals surface area (Å²) in [4.78, 5) is 13.5. The molecule has 0 saturated heterocycles. The number of hydrogen-bond donors (Lipinski definition) is 0. The summed E-state index contributed by atoms with van der Waals surface area (Å²) in [5.41, 5.74) is 0. The lowest BCUT2D eigenvalue weighted by Crippen LogP contribution is -2.20. The van der Waals surface area contributed by atoms with Crippen LogP contribution in [0.4, 0.5) is 0 Å². The highest BCUT2D eigenvalue weighted by Crippen LogP contribution is 2.02. The molecule has 0 aliphatic rings. The summed E-state index contributed by atoms with van der Waals surface area (Å²) in [6.07, 6.45) is 28.2. The van der Waals surface area contributed by atoms with E-state index in [1.165, 1.54) is 25.7 Å². The molecule has 27 heavy (non-hydrogen) atoms. The highest BCUT2D eigenvalue weighted by atomic mass is 16.5. The quantitative estimate of drug-likeness (QED) is 0.171. The number of ether oxygens (including phenoxy) is 1. The van der Waals surface area contributed by atoms with E-state index < -0.39 is 0 Å². The molecule has 0 amide bonds. The predicted octanol–water partition coefficient (Wildman–Crippen LogP) is 6.24. The van der Waals surface area contributed by atoms with Crippen molar-refractivity contribution >= 4 is 5.97 Å². The summed E-state index contributed by atoms with van der Waals surface area (Å²) in [5, 5.41) is 0. The summed E-state index contributed by atoms with van der Waals surface area (Å²) in [6.45, 7) is 3.50. The number of rotatable bonds is 17. The van der Waals surface area contributed by atoms with E-state index in [9.17, 15) is 4.79 Å². The van der Waals surface area contributed by atoms with Crippen LogP contribution >= 0.6 is 0 Å². The van der Waals surface area contributed by atoms with Crippen molar-refractivity contribution < 1.29 is 9.53 Å². The van der Waals surface area contributed by atoms with Gasteiger partial charge >= 0.3 is 5.97 Å². The summed E-state index contributed by atoms with van der Waals surface area (Å²) >= 11 is 0. The van der Waals surface area contributed by atoms with Gasteiger partial charge in [-0.05, 0) is 59.0 Å². The molecule has 0 aromatic carbocycles. The lowest BCUT2D eigenvalue weighted by atomic mass is 10.2. The fourth-order valence-electron chi connectivity index (χ4n) is 2.34. The van der Waals surface area contributed by atoms with E-state index in [0.29, 0.717) is 13.0 Å². The standard InChI is InChI=1S/C24H41NO2/c1-4-5-6-7-8-9-10-11-12-13-14-15-16-17-18-19-20-21-24(26)27-23-22-25(2)3/h8-9,11-12,14-15,17-18H,4-7,10,13,16,19-23H2,1-3H3/b9-8-,12-11-,15-14-,18-17-. The van der Waals surface area contributed by atoms with Gasteiger partial charge in [0.05, 0.1) is 0 Å². The molecule has 3 heteroatoms. The number of nitrogens with zero attached hydrogens (tertiary/aromatic N) is 1. The van der Waals surface area contributed by atoms with E-state index in [-0.39, 0.29) is 5.97 Å². The van der Waals surface area contributed by atoms with Gasteiger partial charge in [0, 0.05) is 13.0 Å². The van der Waals surface area contributed by atoms with Crippen molar-refractivity contribution in [2.24, 2.45) is 0 Å². The minimum absolute atomic E-state index is 0.0901. The Labute approximate surface area is 167 Å². The first-order chi connectivity index (χ1) is 13.2. The summed E-state index contributed by atoms with van der Waals surface area (Å²) in [7, 11) is 3.94. The van der Waals surface area contributed by atoms with Gasteiger partial charge in [-0.3, -0.25) is 4.79 Å². The highest BCUT2D eigenvalue weighted by Gasteiger charge is 2.01. The van der Waals surface area contributed by atoms with Gasteiger partial charge in [0.15, 0.2) is 0 Å². The van der Waals surface area contributed by atoms with E-state index in [1.54, 1.807) is 0 Å². The van der Waals surface area contributed by atoms with Crippen molar-refractivity contribution in [1.82, 2.24) is 4.90 Å². The predicted molar refractivity (Wildman–Crippen MR) is 118 cm³/mol. The molecular weight excluding hydrogens is 334 g/mol. The third-order valence-corrected chi connectivity index (χ3v) is 4.01. The van der Waals surface area contributed by atoms with E-state index in [1.807, 2.05) is 19.0 Å². The third-order valence-electron chi connectivity index (χ3n) is 4.01. The Bertz CT molecular complexity index is 447. The molecule has 0 aliphatic heterocycles. The first-order valence-corrected chi connectivity index (χ1v) is 10.6. The normalized spacial score (nSPS) is 12.4. The van der Waals surface area contributed by atoms with Crippen molar-refractivity contribution in [3.8, 4) is 0 Å². The second kappa shape index (κ2) is 20.7. The molecule has 3 nitrogen and oxygen atoms in total. The molecule has 0 radical (unpaired) electrons. The number of carbonyl (C=O) groups excluding carboxylic acids is 1. The van der Waals surface area contributed by atoms with Crippen LogP contribution in [0.5, 0.6) is 0 Å². The first-order valence-electron chi connectivity index (χ1n) is 10.6.